The molecule has 1 aromatic rings. The van der Waals surface area contributed by atoms with Crippen LogP contribution in [0.15, 0.2) is 42.5 Å². The molecule has 0 spiro atoms. The number of carboxylic acids is 1. The molecule has 1 unspecified atom stereocenters. The van der Waals surface area contributed by atoms with E-state index in [1.54, 1.807) is 24.0 Å². The first-order valence-electron chi connectivity index (χ1n) is 7.86. The number of rotatable bonds is 9. The molecule has 2 N–H and O–H groups in total. The number of hydrogen-bond acceptors (Lipinski definition) is 3. The Hall–Kier alpha value is -2.63. The van der Waals surface area contributed by atoms with Crippen LogP contribution in [0, 0.1) is 0 Å². The second-order valence-corrected chi connectivity index (χ2v) is 5.44. The van der Waals surface area contributed by atoms with Crippen molar-refractivity contribution in [3.05, 3.63) is 48.0 Å². The summed E-state index contributed by atoms with van der Waals surface area (Å²) in [6, 6.07) is 8.54. The van der Waals surface area contributed by atoms with Crippen molar-refractivity contribution >= 4 is 17.8 Å². The molecule has 2 amide bonds. The van der Waals surface area contributed by atoms with Crippen LogP contribution in [0.2, 0.25) is 0 Å². The summed E-state index contributed by atoms with van der Waals surface area (Å²) in [6.07, 6.45) is 3.72. The van der Waals surface area contributed by atoms with E-state index in [-0.39, 0.29) is 31.2 Å². The Morgan fingerprint density at radius 1 is 1.25 bits per heavy atom. The molecule has 0 saturated heterocycles. The predicted octanol–water partition coefficient (Wildman–Crippen LogP) is 1.96. The van der Waals surface area contributed by atoms with E-state index in [9.17, 15) is 14.4 Å². The summed E-state index contributed by atoms with van der Waals surface area (Å²) in [7, 11) is 0. The van der Waals surface area contributed by atoms with Crippen LogP contribution in [0.4, 0.5) is 0 Å². The van der Waals surface area contributed by atoms with Gasteiger partial charge in [0.25, 0.3) is 0 Å². The van der Waals surface area contributed by atoms with Crippen LogP contribution in [-0.4, -0.2) is 40.4 Å². The number of hydrogen-bond donors (Lipinski definition) is 2. The minimum atomic E-state index is -1.07. The molecule has 24 heavy (non-hydrogen) atoms. The van der Waals surface area contributed by atoms with Gasteiger partial charge in [-0.15, -0.1) is 0 Å². The molecule has 130 valence electrons. The number of benzene rings is 1. The number of carboxylic acid groups (broad SMARTS) is 1. The SMILES string of the molecule is C/C=C/CC(NC(=O)CCN(Cc1ccccc1)C(C)=O)C(=O)O. The van der Waals surface area contributed by atoms with Crippen molar-refractivity contribution in [1.29, 1.82) is 0 Å². The number of carbonyl (C=O) groups is 3. The van der Waals surface area contributed by atoms with Crippen molar-refractivity contribution in [2.45, 2.75) is 39.3 Å². The fourth-order valence-corrected chi connectivity index (χ4v) is 2.15. The Bertz CT molecular complexity index is 584. The average molecular weight is 332 g/mol. The Morgan fingerprint density at radius 2 is 1.92 bits per heavy atom. The molecule has 6 nitrogen and oxygen atoms in total. The quantitative estimate of drug-likeness (QED) is 0.677. The largest absolute Gasteiger partial charge is 0.480 e. The molecule has 1 atom stereocenters. The third-order valence-corrected chi connectivity index (χ3v) is 3.51. The Kier molecular flexibility index (Phi) is 8.25. The molecule has 0 bridgehead atoms. The molecular formula is C18H24N2O4. The Morgan fingerprint density at radius 3 is 2.46 bits per heavy atom. The van der Waals surface area contributed by atoms with Gasteiger partial charge in [-0.25, -0.2) is 4.79 Å². The van der Waals surface area contributed by atoms with Gasteiger partial charge in [0.05, 0.1) is 0 Å². The lowest BCUT2D eigenvalue weighted by molar-refractivity contribution is -0.142. The van der Waals surface area contributed by atoms with Crippen molar-refractivity contribution in [3.8, 4) is 0 Å². The molecular weight excluding hydrogens is 308 g/mol. The molecule has 0 aliphatic carbocycles. The molecule has 0 aliphatic heterocycles. The molecule has 1 rings (SSSR count). The van der Waals surface area contributed by atoms with Crippen LogP contribution in [0.3, 0.4) is 0 Å². The summed E-state index contributed by atoms with van der Waals surface area (Å²) >= 11 is 0. The second kappa shape index (κ2) is 10.2. The Labute approximate surface area is 142 Å². The van der Waals surface area contributed by atoms with E-state index in [1.807, 2.05) is 30.3 Å². The maximum Gasteiger partial charge on any atom is 0.326 e. The van der Waals surface area contributed by atoms with Crippen LogP contribution in [0.1, 0.15) is 32.3 Å². The smallest absolute Gasteiger partial charge is 0.326 e. The van der Waals surface area contributed by atoms with E-state index in [0.717, 1.165) is 5.56 Å². The van der Waals surface area contributed by atoms with E-state index in [1.165, 1.54) is 6.92 Å². The lowest BCUT2D eigenvalue weighted by atomic mass is 10.2. The highest BCUT2D eigenvalue weighted by Gasteiger charge is 2.19. The highest BCUT2D eigenvalue weighted by molar-refractivity contribution is 5.84. The lowest BCUT2D eigenvalue weighted by Crippen LogP contribution is -2.42. The fraction of sp³-hybridized carbons (Fsp3) is 0.389. The maximum atomic E-state index is 12.0. The van der Waals surface area contributed by atoms with Gasteiger partial charge in [-0.1, -0.05) is 42.5 Å². The number of nitrogens with one attached hydrogen (secondary N) is 1. The van der Waals surface area contributed by atoms with Gasteiger partial charge < -0.3 is 15.3 Å². The van der Waals surface area contributed by atoms with Crippen molar-refractivity contribution < 1.29 is 19.5 Å². The third-order valence-electron chi connectivity index (χ3n) is 3.51. The van der Waals surface area contributed by atoms with Crippen LogP contribution in [-0.2, 0) is 20.9 Å². The summed E-state index contributed by atoms with van der Waals surface area (Å²) in [5.74, 6) is -1.59. The number of aliphatic carboxylic acids is 1. The van der Waals surface area contributed by atoms with Crippen LogP contribution >= 0.6 is 0 Å². The van der Waals surface area contributed by atoms with E-state index in [0.29, 0.717) is 6.54 Å². The standard InChI is InChI=1S/C18H24N2O4/c1-3-4-10-16(18(23)24)19-17(22)11-12-20(14(2)21)13-15-8-6-5-7-9-15/h3-9,16H,10-13H2,1-2H3,(H,19,22)(H,23,24)/b4-3+. The van der Waals surface area contributed by atoms with Crippen LogP contribution in [0.5, 0.6) is 0 Å². The monoisotopic (exact) mass is 332 g/mol. The molecule has 0 aliphatic rings. The highest BCUT2D eigenvalue weighted by atomic mass is 16.4. The average Bonchev–Trinajstić information content (AvgIpc) is 2.55. The summed E-state index contributed by atoms with van der Waals surface area (Å²) in [5.41, 5.74) is 0.976. The topological polar surface area (TPSA) is 86.7 Å². The van der Waals surface area contributed by atoms with Gasteiger partial charge in [0.1, 0.15) is 6.04 Å². The molecule has 1 aromatic carbocycles. The van der Waals surface area contributed by atoms with E-state index < -0.39 is 12.0 Å². The zero-order chi connectivity index (χ0) is 17.9. The van der Waals surface area contributed by atoms with E-state index in [2.05, 4.69) is 5.32 Å². The minimum absolute atomic E-state index is 0.0615. The molecule has 0 radical (unpaired) electrons. The third kappa shape index (κ3) is 7.09. The first-order chi connectivity index (χ1) is 11.4. The Balaban J connectivity index is 2.55. The summed E-state index contributed by atoms with van der Waals surface area (Å²) in [4.78, 5) is 36.4. The lowest BCUT2D eigenvalue weighted by Gasteiger charge is -2.21. The second-order valence-electron chi connectivity index (χ2n) is 5.44. The molecule has 0 heterocycles. The number of carbonyl (C=O) groups excluding carboxylic acids is 2. The number of amides is 2. The molecule has 0 saturated carbocycles. The zero-order valence-corrected chi connectivity index (χ0v) is 14.1. The van der Waals surface area contributed by atoms with Gasteiger partial charge >= 0.3 is 5.97 Å². The van der Waals surface area contributed by atoms with Crippen molar-refractivity contribution in [2.75, 3.05) is 6.54 Å². The van der Waals surface area contributed by atoms with Gasteiger partial charge in [-0.2, -0.15) is 0 Å². The molecule has 0 aromatic heterocycles. The molecule has 0 fully saturated rings. The maximum absolute atomic E-state index is 12.0. The first kappa shape index (κ1) is 19.4. The van der Waals surface area contributed by atoms with Gasteiger partial charge in [-0.05, 0) is 18.9 Å². The van der Waals surface area contributed by atoms with Crippen molar-refractivity contribution in [2.24, 2.45) is 0 Å². The number of nitrogens with zero attached hydrogens (tertiary/aromatic N) is 1. The zero-order valence-electron chi connectivity index (χ0n) is 14.1. The van der Waals surface area contributed by atoms with Crippen molar-refractivity contribution in [3.63, 3.8) is 0 Å². The van der Waals surface area contributed by atoms with Crippen molar-refractivity contribution in [1.82, 2.24) is 10.2 Å². The van der Waals surface area contributed by atoms with Gasteiger partial charge in [0.2, 0.25) is 11.8 Å². The fourth-order valence-electron chi connectivity index (χ4n) is 2.15. The summed E-state index contributed by atoms with van der Waals surface area (Å²) < 4.78 is 0. The highest BCUT2D eigenvalue weighted by Crippen LogP contribution is 2.06. The van der Waals surface area contributed by atoms with Crippen LogP contribution in [0.25, 0.3) is 0 Å². The minimum Gasteiger partial charge on any atom is -0.480 e. The first-order valence-corrected chi connectivity index (χ1v) is 7.86. The van der Waals surface area contributed by atoms with Gasteiger partial charge in [0, 0.05) is 26.4 Å². The summed E-state index contributed by atoms with van der Waals surface area (Å²) in [5, 5.41) is 11.6. The molecule has 6 heteroatoms. The van der Waals surface area contributed by atoms with E-state index in [4.69, 9.17) is 5.11 Å². The predicted molar refractivity (Wildman–Crippen MR) is 91.1 cm³/mol. The van der Waals surface area contributed by atoms with Gasteiger partial charge in [0.15, 0.2) is 0 Å². The summed E-state index contributed by atoms with van der Waals surface area (Å²) in [6.45, 7) is 3.90. The van der Waals surface area contributed by atoms with Crippen LogP contribution < -0.4 is 5.32 Å². The normalized spacial score (nSPS) is 11.9. The van der Waals surface area contributed by atoms with E-state index >= 15 is 0 Å². The number of allylic oxidation sites excluding steroid dienone is 1. The van der Waals surface area contributed by atoms with Gasteiger partial charge in [-0.3, -0.25) is 9.59 Å².